The van der Waals surface area contributed by atoms with Gasteiger partial charge in [0.05, 0.1) is 0 Å². The number of sulfone groups is 1. The van der Waals surface area contributed by atoms with E-state index in [0.29, 0.717) is 11.3 Å². The molecule has 0 aliphatic carbocycles. The first kappa shape index (κ1) is 14.7. The van der Waals surface area contributed by atoms with Crippen molar-refractivity contribution in [1.82, 2.24) is 0 Å². The van der Waals surface area contributed by atoms with E-state index >= 15 is 0 Å². The number of rotatable bonds is 4. The van der Waals surface area contributed by atoms with Crippen LogP contribution in [0.4, 0.5) is 0 Å². The van der Waals surface area contributed by atoms with E-state index in [1.807, 2.05) is 0 Å². The predicted molar refractivity (Wildman–Crippen MR) is 70.7 cm³/mol. The summed E-state index contributed by atoms with van der Waals surface area (Å²) in [7, 11) is -3.54. The standard InChI is InChI=1S/C13H11NO4S/c1-3-13(15)18-11-6-4-10(5-7-11)8-12(9-14)19(2,16)17/h3-8H,1H2,2H3. The number of allylic oxidation sites excluding steroid dienone is 1. The molecule has 0 aliphatic rings. The van der Waals surface area contributed by atoms with Crippen molar-refractivity contribution in [3.05, 3.63) is 47.4 Å². The Morgan fingerprint density at radius 3 is 2.37 bits per heavy atom. The van der Waals surface area contributed by atoms with Gasteiger partial charge in [-0.15, -0.1) is 0 Å². The van der Waals surface area contributed by atoms with Crippen LogP contribution in [0.3, 0.4) is 0 Å². The minimum Gasteiger partial charge on any atom is -0.423 e. The summed E-state index contributed by atoms with van der Waals surface area (Å²) in [5.74, 6) is -0.281. The number of esters is 1. The molecule has 0 saturated carbocycles. The molecule has 0 heterocycles. The monoisotopic (exact) mass is 277 g/mol. The zero-order valence-corrected chi connectivity index (χ0v) is 11.0. The molecule has 1 aromatic carbocycles. The summed E-state index contributed by atoms with van der Waals surface area (Å²) in [5.41, 5.74) is 0.514. The summed E-state index contributed by atoms with van der Waals surface area (Å²) in [6.45, 7) is 3.27. The van der Waals surface area contributed by atoms with E-state index in [0.717, 1.165) is 12.3 Å². The average molecular weight is 277 g/mol. The molecular formula is C13H11NO4S. The number of benzene rings is 1. The van der Waals surface area contributed by atoms with Crippen molar-refractivity contribution in [1.29, 1.82) is 5.26 Å². The topological polar surface area (TPSA) is 84.2 Å². The van der Waals surface area contributed by atoms with Gasteiger partial charge in [-0.3, -0.25) is 0 Å². The Bertz CT molecular complexity index is 664. The second kappa shape index (κ2) is 5.98. The summed E-state index contributed by atoms with van der Waals surface area (Å²) in [6, 6.07) is 7.67. The molecule has 0 fully saturated rings. The second-order valence-electron chi connectivity index (χ2n) is 3.59. The highest BCUT2D eigenvalue weighted by molar-refractivity contribution is 7.95. The van der Waals surface area contributed by atoms with Crippen molar-refractivity contribution < 1.29 is 17.9 Å². The van der Waals surface area contributed by atoms with Crippen molar-refractivity contribution in [2.45, 2.75) is 0 Å². The number of carbonyl (C=O) groups excluding carboxylic acids is 1. The first-order valence-electron chi connectivity index (χ1n) is 5.13. The maximum Gasteiger partial charge on any atom is 0.335 e. The van der Waals surface area contributed by atoms with E-state index in [-0.39, 0.29) is 4.91 Å². The smallest absolute Gasteiger partial charge is 0.335 e. The summed E-state index contributed by atoms with van der Waals surface area (Å²) < 4.78 is 27.3. The summed E-state index contributed by atoms with van der Waals surface area (Å²) in [6.07, 6.45) is 3.24. The van der Waals surface area contributed by atoms with Crippen LogP contribution < -0.4 is 4.74 Å². The van der Waals surface area contributed by atoms with Crippen LogP contribution in [0.2, 0.25) is 0 Å². The third kappa shape index (κ3) is 4.41. The Morgan fingerprint density at radius 1 is 1.37 bits per heavy atom. The molecule has 0 unspecified atom stereocenters. The molecule has 0 radical (unpaired) electrons. The number of hydrogen-bond donors (Lipinski definition) is 0. The molecule has 6 heteroatoms. The van der Waals surface area contributed by atoms with E-state index in [4.69, 9.17) is 10.00 Å². The Labute approximate surface area is 111 Å². The zero-order chi connectivity index (χ0) is 14.5. The second-order valence-corrected chi connectivity index (χ2v) is 5.57. The summed E-state index contributed by atoms with van der Waals surface area (Å²) >= 11 is 0. The van der Waals surface area contributed by atoms with Gasteiger partial charge in [0.1, 0.15) is 16.7 Å². The molecule has 1 rings (SSSR count). The number of carbonyl (C=O) groups is 1. The molecule has 5 nitrogen and oxygen atoms in total. The molecule has 0 atom stereocenters. The van der Waals surface area contributed by atoms with E-state index in [1.165, 1.54) is 30.3 Å². The molecule has 0 amide bonds. The van der Waals surface area contributed by atoms with E-state index in [2.05, 4.69) is 6.58 Å². The van der Waals surface area contributed by atoms with Gasteiger partial charge in [0.2, 0.25) is 0 Å². The van der Waals surface area contributed by atoms with Crippen LogP contribution in [0.5, 0.6) is 5.75 Å². The van der Waals surface area contributed by atoms with Crippen LogP contribution >= 0.6 is 0 Å². The quantitative estimate of drug-likeness (QED) is 0.362. The highest BCUT2D eigenvalue weighted by atomic mass is 32.2. The van der Waals surface area contributed by atoms with Gasteiger partial charge in [0, 0.05) is 12.3 Å². The Morgan fingerprint density at radius 2 is 1.95 bits per heavy atom. The van der Waals surface area contributed by atoms with Gasteiger partial charge >= 0.3 is 5.97 Å². The lowest BCUT2D eigenvalue weighted by Crippen LogP contribution is -2.02. The van der Waals surface area contributed by atoms with Gasteiger partial charge in [-0.25, -0.2) is 13.2 Å². The lowest BCUT2D eigenvalue weighted by molar-refractivity contribution is -0.128. The van der Waals surface area contributed by atoms with Gasteiger partial charge < -0.3 is 4.74 Å². The lowest BCUT2D eigenvalue weighted by atomic mass is 10.2. The van der Waals surface area contributed by atoms with Gasteiger partial charge in [-0.1, -0.05) is 18.7 Å². The van der Waals surface area contributed by atoms with E-state index in [9.17, 15) is 13.2 Å². The zero-order valence-electron chi connectivity index (χ0n) is 10.2. The SMILES string of the molecule is C=CC(=O)Oc1ccc(C=C(C#N)S(C)(=O)=O)cc1. The number of hydrogen-bond acceptors (Lipinski definition) is 5. The molecule has 0 saturated heterocycles. The third-order valence-corrected chi connectivity index (χ3v) is 3.08. The Balaban J connectivity index is 3.00. The van der Waals surface area contributed by atoms with Crippen molar-refractivity contribution in [3.63, 3.8) is 0 Å². The van der Waals surface area contributed by atoms with Gasteiger partial charge in [0.15, 0.2) is 9.84 Å². The van der Waals surface area contributed by atoms with Gasteiger partial charge in [-0.05, 0) is 23.8 Å². The van der Waals surface area contributed by atoms with Crippen LogP contribution in [0.25, 0.3) is 6.08 Å². The van der Waals surface area contributed by atoms with E-state index in [1.54, 1.807) is 6.07 Å². The van der Waals surface area contributed by atoms with Crippen LogP contribution in [-0.2, 0) is 14.6 Å². The summed E-state index contributed by atoms with van der Waals surface area (Å²) in [4.78, 5) is 10.6. The molecule has 0 bridgehead atoms. The fraction of sp³-hybridized carbons (Fsp3) is 0.0769. The predicted octanol–water partition coefficient (Wildman–Crippen LogP) is 1.69. The fourth-order valence-corrected chi connectivity index (χ4v) is 1.68. The third-order valence-electron chi connectivity index (χ3n) is 2.07. The minimum atomic E-state index is -3.54. The molecule has 0 aromatic heterocycles. The summed E-state index contributed by atoms with van der Waals surface area (Å²) in [5, 5.41) is 8.75. The maximum atomic E-state index is 11.2. The first-order valence-corrected chi connectivity index (χ1v) is 7.02. The Hall–Kier alpha value is -2.39. The van der Waals surface area contributed by atoms with Crippen molar-refractivity contribution >= 4 is 21.9 Å². The molecular weight excluding hydrogens is 266 g/mol. The van der Waals surface area contributed by atoms with Crippen molar-refractivity contribution in [2.75, 3.05) is 6.26 Å². The molecule has 1 aromatic rings. The van der Waals surface area contributed by atoms with Gasteiger partial charge in [-0.2, -0.15) is 5.26 Å². The molecule has 98 valence electrons. The molecule has 19 heavy (non-hydrogen) atoms. The van der Waals surface area contributed by atoms with Crippen LogP contribution in [0.15, 0.2) is 41.8 Å². The largest absolute Gasteiger partial charge is 0.423 e. The van der Waals surface area contributed by atoms with Crippen LogP contribution in [0, 0.1) is 11.3 Å². The minimum absolute atomic E-state index is 0.305. The fourth-order valence-electron chi connectivity index (χ4n) is 1.16. The van der Waals surface area contributed by atoms with Crippen LogP contribution in [0.1, 0.15) is 5.56 Å². The number of nitriles is 1. The highest BCUT2D eigenvalue weighted by Crippen LogP contribution is 2.16. The Kier molecular flexibility index (Phi) is 4.62. The van der Waals surface area contributed by atoms with Gasteiger partial charge in [0.25, 0.3) is 0 Å². The number of ether oxygens (including phenoxy) is 1. The lowest BCUT2D eigenvalue weighted by Gasteiger charge is -2.01. The first-order chi connectivity index (χ1) is 8.86. The van der Waals surface area contributed by atoms with Crippen molar-refractivity contribution in [3.8, 4) is 11.8 Å². The maximum absolute atomic E-state index is 11.2. The highest BCUT2D eigenvalue weighted by Gasteiger charge is 2.10. The molecule has 0 aliphatic heterocycles. The van der Waals surface area contributed by atoms with Crippen molar-refractivity contribution in [2.24, 2.45) is 0 Å². The normalized spacial score (nSPS) is 11.5. The van der Waals surface area contributed by atoms with E-state index < -0.39 is 15.8 Å². The number of nitrogens with zero attached hydrogens (tertiary/aromatic N) is 1. The van der Waals surface area contributed by atoms with Crippen LogP contribution in [-0.4, -0.2) is 20.6 Å². The molecule has 0 spiro atoms. The molecule has 0 N–H and O–H groups in total. The average Bonchev–Trinajstić information content (AvgIpc) is 2.36.